The van der Waals surface area contributed by atoms with Gasteiger partial charge in [-0.2, -0.15) is 0 Å². The molecule has 1 N–H and O–H groups in total. The molecule has 0 aromatic heterocycles. The van der Waals surface area contributed by atoms with E-state index < -0.39 is 17.8 Å². The van der Waals surface area contributed by atoms with Crippen molar-refractivity contribution >= 4 is 17.6 Å². The summed E-state index contributed by atoms with van der Waals surface area (Å²) in [4.78, 5) is 30.3. The van der Waals surface area contributed by atoms with E-state index in [1.165, 1.54) is 11.8 Å². The summed E-state index contributed by atoms with van der Waals surface area (Å²) in [6.07, 6.45) is -1.49. The molecule has 2 aliphatic rings. The molecule has 3 rings (SSSR count). The molecule has 2 unspecified atom stereocenters. The Morgan fingerprint density at radius 2 is 2.21 bits per heavy atom. The number of carbonyl (C=O) groups excluding carboxylic acids is 2. The van der Waals surface area contributed by atoms with E-state index in [4.69, 9.17) is 9.57 Å². The summed E-state index contributed by atoms with van der Waals surface area (Å²) in [5.41, 5.74) is -0.716. The number of morpholine rings is 1. The number of hydrogen-bond donors (Lipinski definition) is 1. The second kappa shape index (κ2) is 6.66. The Balaban J connectivity index is 2.08. The zero-order chi connectivity index (χ0) is 17.2. The molecule has 24 heavy (non-hydrogen) atoms. The van der Waals surface area contributed by atoms with E-state index in [1.54, 1.807) is 30.3 Å². The molecule has 2 atom stereocenters. The van der Waals surface area contributed by atoms with Crippen LogP contribution >= 0.6 is 0 Å². The summed E-state index contributed by atoms with van der Waals surface area (Å²) >= 11 is 0. The monoisotopic (exact) mass is 335 g/mol. The molecule has 0 radical (unpaired) electrons. The number of hydrogen-bond acceptors (Lipinski definition) is 6. The molecule has 2 heterocycles. The lowest BCUT2D eigenvalue weighted by molar-refractivity contribution is -0.161. The first kappa shape index (κ1) is 16.5. The van der Waals surface area contributed by atoms with Gasteiger partial charge in [0.1, 0.15) is 5.71 Å². The fourth-order valence-corrected chi connectivity index (χ4v) is 3.08. The lowest BCUT2D eigenvalue weighted by Gasteiger charge is -2.42. The summed E-state index contributed by atoms with van der Waals surface area (Å²) in [6, 6.07) is 8.75. The van der Waals surface area contributed by atoms with Crippen LogP contribution in [0.15, 0.2) is 35.5 Å². The number of oxime groups is 1. The highest BCUT2D eigenvalue weighted by Gasteiger charge is 2.58. The predicted molar refractivity (Wildman–Crippen MR) is 82.8 cm³/mol. The van der Waals surface area contributed by atoms with Crippen LogP contribution in [-0.2, 0) is 24.7 Å². The van der Waals surface area contributed by atoms with E-state index in [2.05, 4.69) is 10.5 Å². The highest BCUT2D eigenvalue weighted by atomic mass is 19.1. The number of benzene rings is 1. The van der Waals surface area contributed by atoms with Crippen LogP contribution in [-0.4, -0.2) is 55.1 Å². The van der Waals surface area contributed by atoms with E-state index in [0.717, 1.165) is 0 Å². The van der Waals surface area contributed by atoms with Crippen molar-refractivity contribution < 1.29 is 23.6 Å². The van der Waals surface area contributed by atoms with Gasteiger partial charge in [0.2, 0.25) is 5.91 Å². The van der Waals surface area contributed by atoms with Crippen LogP contribution in [0.5, 0.6) is 0 Å². The molecule has 1 aromatic carbocycles. The smallest absolute Gasteiger partial charge is 0.365 e. The van der Waals surface area contributed by atoms with Crippen LogP contribution in [0, 0.1) is 0 Å². The molecule has 1 saturated heterocycles. The number of carbonyl (C=O) groups is 2. The Labute approximate surface area is 138 Å². The number of ether oxygens (including phenoxy) is 1. The fourth-order valence-electron chi connectivity index (χ4n) is 3.08. The SMILES string of the molecule is CC(=O)NCC1=NOC(=O)C1(c1ccccc1)N1CCOCC1F. The maximum atomic E-state index is 14.6. The average Bonchev–Trinajstić information content (AvgIpc) is 2.91. The molecular formula is C16H18FN3O4. The predicted octanol–water partition coefficient (Wildman–Crippen LogP) is 0.559. The van der Waals surface area contributed by atoms with E-state index in [0.29, 0.717) is 5.56 Å². The Morgan fingerprint density at radius 3 is 2.88 bits per heavy atom. The van der Waals surface area contributed by atoms with E-state index in [1.807, 2.05) is 0 Å². The van der Waals surface area contributed by atoms with E-state index in [-0.39, 0.29) is 37.9 Å². The molecule has 1 amide bonds. The third-order valence-corrected chi connectivity index (χ3v) is 4.15. The molecular weight excluding hydrogens is 317 g/mol. The quantitative estimate of drug-likeness (QED) is 0.642. The maximum absolute atomic E-state index is 14.6. The van der Waals surface area contributed by atoms with Gasteiger partial charge < -0.3 is 14.9 Å². The zero-order valence-electron chi connectivity index (χ0n) is 13.2. The van der Waals surface area contributed by atoms with Crippen LogP contribution in [0.1, 0.15) is 12.5 Å². The molecule has 8 heteroatoms. The van der Waals surface area contributed by atoms with Crippen molar-refractivity contribution in [1.82, 2.24) is 10.2 Å². The summed E-state index contributed by atoms with van der Waals surface area (Å²) in [5.74, 6) is -0.962. The fraction of sp³-hybridized carbons (Fsp3) is 0.438. The van der Waals surface area contributed by atoms with Crippen molar-refractivity contribution in [3.8, 4) is 0 Å². The summed E-state index contributed by atoms with van der Waals surface area (Å²) in [5, 5.41) is 6.44. The molecule has 0 saturated carbocycles. The van der Waals surface area contributed by atoms with Crippen LogP contribution in [0.25, 0.3) is 0 Å². The van der Waals surface area contributed by atoms with Crippen molar-refractivity contribution in [3.63, 3.8) is 0 Å². The van der Waals surface area contributed by atoms with Gasteiger partial charge in [0, 0.05) is 13.5 Å². The van der Waals surface area contributed by atoms with Crippen LogP contribution in [0.2, 0.25) is 0 Å². The molecule has 0 spiro atoms. The Bertz CT molecular complexity index is 667. The summed E-state index contributed by atoms with van der Waals surface area (Å²) < 4.78 is 19.8. The number of nitrogens with one attached hydrogen (secondary N) is 1. The van der Waals surface area contributed by atoms with E-state index >= 15 is 0 Å². The zero-order valence-corrected chi connectivity index (χ0v) is 13.2. The van der Waals surface area contributed by atoms with Crippen molar-refractivity contribution in [2.45, 2.75) is 18.8 Å². The van der Waals surface area contributed by atoms with E-state index in [9.17, 15) is 14.0 Å². The van der Waals surface area contributed by atoms with Crippen molar-refractivity contribution in [2.24, 2.45) is 5.16 Å². The first-order valence-electron chi connectivity index (χ1n) is 7.64. The average molecular weight is 335 g/mol. The molecule has 1 fully saturated rings. The molecule has 1 aromatic rings. The highest BCUT2D eigenvalue weighted by Crippen LogP contribution is 2.38. The van der Waals surface area contributed by atoms with Gasteiger partial charge in [0.05, 0.1) is 19.8 Å². The second-order valence-corrected chi connectivity index (χ2v) is 5.61. The molecule has 0 aliphatic carbocycles. The maximum Gasteiger partial charge on any atom is 0.365 e. The molecule has 128 valence electrons. The molecule has 0 bridgehead atoms. The number of rotatable bonds is 4. The van der Waals surface area contributed by atoms with Gasteiger partial charge in [-0.3, -0.25) is 4.79 Å². The van der Waals surface area contributed by atoms with Crippen LogP contribution in [0.4, 0.5) is 4.39 Å². The van der Waals surface area contributed by atoms with Gasteiger partial charge in [-0.25, -0.2) is 14.1 Å². The Kier molecular flexibility index (Phi) is 4.59. The minimum atomic E-state index is -1.51. The minimum absolute atomic E-state index is 0.0138. The lowest BCUT2D eigenvalue weighted by Crippen LogP contribution is -2.62. The second-order valence-electron chi connectivity index (χ2n) is 5.61. The number of amides is 1. The van der Waals surface area contributed by atoms with Crippen molar-refractivity contribution in [1.29, 1.82) is 0 Å². The first-order chi connectivity index (χ1) is 11.6. The number of alkyl halides is 1. The first-order valence-corrected chi connectivity index (χ1v) is 7.64. The standard InChI is InChI=1S/C16H18FN3O4/c1-11(21)18-9-13-16(15(22)24-19-13,12-5-3-2-4-6-12)20-7-8-23-10-14(20)17/h2-6,14H,7-10H2,1H3,(H,18,21). The van der Waals surface area contributed by atoms with Gasteiger partial charge >= 0.3 is 5.97 Å². The van der Waals surface area contributed by atoms with Crippen LogP contribution < -0.4 is 5.32 Å². The third-order valence-electron chi connectivity index (χ3n) is 4.15. The topological polar surface area (TPSA) is 80.2 Å². The highest BCUT2D eigenvalue weighted by molar-refractivity contribution is 6.15. The number of nitrogens with zero attached hydrogens (tertiary/aromatic N) is 2. The van der Waals surface area contributed by atoms with Gasteiger partial charge in [-0.05, 0) is 5.56 Å². The van der Waals surface area contributed by atoms with Gasteiger partial charge in [-0.15, -0.1) is 0 Å². The molecule has 2 aliphatic heterocycles. The van der Waals surface area contributed by atoms with Crippen molar-refractivity contribution in [3.05, 3.63) is 35.9 Å². The Hall–Kier alpha value is -2.32. The normalized spacial score (nSPS) is 27.5. The lowest BCUT2D eigenvalue weighted by atomic mass is 9.83. The van der Waals surface area contributed by atoms with Crippen molar-refractivity contribution in [2.75, 3.05) is 26.3 Å². The largest absolute Gasteiger partial charge is 0.376 e. The third kappa shape index (κ3) is 2.67. The van der Waals surface area contributed by atoms with Gasteiger partial charge in [0.25, 0.3) is 0 Å². The summed E-state index contributed by atoms with van der Waals surface area (Å²) in [7, 11) is 0. The molecule has 7 nitrogen and oxygen atoms in total. The van der Waals surface area contributed by atoms with Gasteiger partial charge in [0.15, 0.2) is 11.8 Å². The Morgan fingerprint density at radius 1 is 1.46 bits per heavy atom. The minimum Gasteiger partial charge on any atom is -0.376 e. The number of halogens is 1. The van der Waals surface area contributed by atoms with Gasteiger partial charge in [-0.1, -0.05) is 35.5 Å². The summed E-state index contributed by atoms with van der Waals surface area (Å²) in [6.45, 7) is 1.68. The van der Waals surface area contributed by atoms with Crippen LogP contribution in [0.3, 0.4) is 0 Å².